The van der Waals surface area contributed by atoms with Crippen molar-refractivity contribution in [1.29, 1.82) is 0 Å². The second-order valence-corrected chi connectivity index (χ2v) is 8.91. The second-order valence-electron chi connectivity index (χ2n) is 8.91. The molecule has 1 N–H and O–H groups in total. The third-order valence-corrected chi connectivity index (χ3v) is 6.78. The summed E-state index contributed by atoms with van der Waals surface area (Å²) in [4.78, 5) is 61.2. The van der Waals surface area contributed by atoms with Gasteiger partial charge >= 0.3 is 0 Å². The maximum Gasteiger partial charge on any atom is 0.258 e. The van der Waals surface area contributed by atoms with Crippen molar-refractivity contribution in [3.8, 4) is 0 Å². The minimum absolute atomic E-state index is 0.0897. The first-order valence-electron chi connectivity index (χ1n) is 10.7. The molecular weight excluding hydrogens is 396 g/mol. The quantitative estimate of drug-likeness (QED) is 0.583. The van der Waals surface area contributed by atoms with Crippen LogP contribution in [0.15, 0.2) is 41.2 Å². The van der Waals surface area contributed by atoms with Gasteiger partial charge in [-0.2, -0.15) is 0 Å². The minimum atomic E-state index is -0.340. The van der Waals surface area contributed by atoms with Crippen LogP contribution in [0, 0.1) is 23.7 Å². The van der Waals surface area contributed by atoms with Crippen molar-refractivity contribution in [2.24, 2.45) is 23.7 Å². The lowest BCUT2D eigenvalue weighted by atomic mass is 9.85. The lowest BCUT2D eigenvalue weighted by molar-refractivity contribution is -0.148. The van der Waals surface area contributed by atoms with Crippen molar-refractivity contribution in [2.75, 3.05) is 6.54 Å². The highest BCUT2D eigenvalue weighted by atomic mass is 16.2. The van der Waals surface area contributed by atoms with Crippen LogP contribution in [0.25, 0.3) is 10.9 Å². The molecule has 0 radical (unpaired) electrons. The van der Waals surface area contributed by atoms with Gasteiger partial charge in [0.05, 0.1) is 29.3 Å². The normalized spacial score (nSPS) is 26.4. The second kappa shape index (κ2) is 7.14. The van der Waals surface area contributed by atoms with Crippen LogP contribution in [0.1, 0.15) is 26.1 Å². The number of aromatic nitrogens is 2. The van der Waals surface area contributed by atoms with Crippen LogP contribution >= 0.6 is 0 Å². The molecule has 2 heterocycles. The van der Waals surface area contributed by atoms with Crippen LogP contribution in [0.5, 0.6) is 0 Å². The summed E-state index contributed by atoms with van der Waals surface area (Å²) in [5, 5.41) is 0.483. The zero-order valence-electron chi connectivity index (χ0n) is 17.4. The van der Waals surface area contributed by atoms with Gasteiger partial charge in [0.25, 0.3) is 5.56 Å². The van der Waals surface area contributed by atoms with E-state index in [1.165, 1.54) is 4.90 Å². The molecular formula is C23H24N4O4. The van der Waals surface area contributed by atoms with E-state index in [1.54, 1.807) is 24.3 Å². The molecule has 8 nitrogen and oxygen atoms in total. The Balaban J connectivity index is 1.36. The fourth-order valence-electron chi connectivity index (χ4n) is 5.28. The Morgan fingerprint density at radius 3 is 2.42 bits per heavy atom. The SMILES string of the molecule is CC(C)N(Cc1nc2ccccc2c(=O)[nH]1)C(=O)CN1C(=O)C2C3C=CC(C3)C2C1=O. The van der Waals surface area contributed by atoms with E-state index < -0.39 is 0 Å². The Kier molecular flexibility index (Phi) is 4.53. The Morgan fingerprint density at radius 1 is 1.13 bits per heavy atom. The number of carbonyl (C=O) groups excluding carboxylic acids is 3. The molecule has 1 aromatic carbocycles. The van der Waals surface area contributed by atoms with Gasteiger partial charge in [-0.1, -0.05) is 24.3 Å². The Bertz CT molecular complexity index is 1150. The van der Waals surface area contributed by atoms with Gasteiger partial charge < -0.3 is 9.88 Å². The molecule has 2 aliphatic carbocycles. The molecule has 3 amide bonds. The number of allylic oxidation sites excluding steroid dienone is 2. The topological polar surface area (TPSA) is 103 Å². The van der Waals surface area contributed by atoms with E-state index in [0.29, 0.717) is 16.7 Å². The van der Waals surface area contributed by atoms with Gasteiger partial charge in [0.1, 0.15) is 12.4 Å². The number of para-hydroxylation sites is 1. The molecule has 1 saturated heterocycles. The summed E-state index contributed by atoms with van der Waals surface area (Å²) >= 11 is 0. The van der Waals surface area contributed by atoms with E-state index in [0.717, 1.165) is 11.3 Å². The number of aromatic amines is 1. The Hall–Kier alpha value is -3.29. The zero-order valence-corrected chi connectivity index (χ0v) is 17.4. The third-order valence-electron chi connectivity index (χ3n) is 6.78. The molecule has 2 bridgehead atoms. The van der Waals surface area contributed by atoms with Gasteiger partial charge in [-0.05, 0) is 44.2 Å². The first-order valence-corrected chi connectivity index (χ1v) is 10.7. The zero-order chi connectivity index (χ0) is 21.9. The summed E-state index contributed by atoms with van der Waals surface area (Å²) in [6.45, 7) is 3.51. The van der Waals surface area contributed by atoms with Crippen LogP contribution in [-0.2, 0) is 20.9 Å². The number of rotatable bonds is 5. The van der Waals surface area contributed by atoms with Gasteiger partial charge in [-0.25, -0.2) is 4.98 Å². The molecule has 4 atom stereocenters. The molecule has 160 valence electrons. The van der Waals surface area contributed by atoms with Gasteiger partial charge in [0.2, 0.25) is 17.7 Å². The largest absolute Gasteiger partial charge is 0.331 e. The van der Waals surface area contributed by atoms with Crippen LogP contribution < -0.4 is 5.56 Å². The van der Waals surface area contributed by atoms with Crippen molar-refractivity contribution in [3.63, 3.8) is 0 Å². The molecule has 1 aromatic heterocycles. The third kappa shape index (κ3) is 3.08. The molecule has 0 spiro atoms. The fourth-order valence-corrected chi connectivity index (χ4v) is 5.28. The average molecular weight is 420 g/mol. The molecule has 31 heavy (non-hydrogen) atoms. The summed E-state index contributed by atoms with van der Waals surface area (Å²) in [7, 11) is 0. The number of nitrogens with zero attached hydrogens (tertiary/aromatic N) is 3. The summed E-state index contributed by atoms with van der Waals surface area (Å²) in [5.41, 5.74) is 0.288. The Labute approximate surface area is 178 Å². The standard InChI is InChI=1S/C23H24N4O4/c1-12(2)26(10-17-24-16-6-4-3-5-15(16)21(29)25-17)18(28)11-27-22(30)19-13-7-8-14(9-13)20(19)23(27)31/h3-8,12-14,19-20H,9-11H2,1-2H3,(H,24,25,29). The van der Waals surface area contributed by atoms with Crippen molar-refractivity contribution in [2.45, 2.75) is 32.9 Å². The summed E-state index contributed by atoms with van der Waals surface area (Å²) < 4.78 is 0. The van der Waals surface area contributed by atoms with Crippen LogP contribution in [-0.4, -0.2) is 50.1 Å². The van der Waals surface area contributed by atoms with Gasteiger partial charge in [0, 0.05) is 6.04 Å². The van der Waals surface area contributed by atoms with Crippen molar-refractivity contribution in [1.82, 2.24) is 19.8 Å². The van der Waals surface area contributed by atoms with Crippen LogP contribution in [0.3, 0.4) is 0 Å². The molecule has 5 rings (SSSR count). The molecule has 2 aromatic rings. The van der Waals surface area contributed by atoms with Crippen molar-refractivity contribution in [3.05, 3.63) is 52.6 Å². The molecule has 1 saturated carbocycles. The maximum absolute atomic E-state index is 13.1. The summed E-state index contributed by atoms with van der Waals surface area (Å²) in [6.07, 6.45) is 4.92. The van der Waals surface area contributed by atoms with Gasteiger partial charge in [0.15, 0.2) is 0 Å². The first kappa shape index (κ1) is 19.7. The summed E-state index contributed by atoms with van der Waals surface area (Å²) in [6, 6.07) is 6.81. The highest BCUT2D eigenvalue weighted by molar-refractivity contribution is 6.08. The fraction of sp³-hybridized carbons (Fsp3) is 0.435. The molecule has 4 unspecified atom stereocenters. The van der Waals surface area contributed by atoms with Gasteiger partial charge in [-0.3, -0.25) is 24.1 Å². The number of amides is 3. The number of likely N-dealkylation sites (tertiary alicyclic amines) is 1. The minimum Gasteiger partial charge on any atom is -0.331 e. The molecule has 2 fully saturated rings. The first-order chi connectivity index (χ1) is 14.8. The highest BCUT2D eigenvalue weighted by Crippen LogP contribution is 2.52. The van der Waals surface area contributed by atoms with Crippen LogP contribution in [0.4, 0.5) is 0 Å². The molecule has 1 aliphatic heterocycles. The monoisotopic (exact) mass is 420 g/mol. The van der Waals surface area contributed by atoms with Crippen molar-refractivity contribution >= 4 is 28.6 Å². The number of H-pyrrole nitrogens is 1. The van der Waals surface area contributed by atoms with Gasteiger partial charge in [-0.15, -0.1) is 0 Å². The number of hydrogen-bond acceptors (Lipinski definition) is 5. The average Bonchev–Trinajstić information content (AvgIpc) is 3.42. The molecule has 8 heteroatoms. The molecule has 3 aliphatic rings. The number of benzene rings is 1. The highest BCUT2D eigenvalue weighted by Gasteiger charge is 2.59. The summed E-state index contributed by atoms with van der Waals surface area (Å²) in [5.74, 6) is -0.860. The smallest absolute Gasteiger partial charge is 0.258 e. The van der Waals surface area contributed by atoms with E-state index in [-0.39, 0.29) is 66.1 Å². The Morgan fingerprint density at radius 2 is 1.77 bits per heavy atom. The van der Waals surface area contributed by atoms with E-state index in [4.69, 9.17) is 0 Å². The predicted molar refractivity (Wildman–Crippen MR) is 112 cm³/mol. The maximum atomic E-state index is 13.1. The van der Waals surface area contributed by atoms with Crippen LogP contribution in [0.2, 0.25) is 0 Å². The van der Waals surface area contributed by atoms with E-state index in [9.17, 15) is 19.2 Å². The van der Waals surface area contributed by atoms with E-state index in [1.807, 2.05) is 26.0 Å². The van der Waals surface area contributed by atoms with Crippen molar-refractivity contribution < 1.29 is 14.4 Å². The van der Waals surface area contributed by atoms with E-state index in [2.05, 4.69) is 9.97 Å². The number of imide groups is 1. The number of nitrogens with one attached hydrogen (secondary N) is 1. The number of carbonyl (C=O) groups is 3. The number of fused-ring (bicyclic) bond motifs is 6. The van der Waals surface area contributed by atoms with E-state index >= 15 is 0 Å². The number of hydrogen-bond donors (Lipinski definition) is 1. The lowest BCUT2D eigenvalue weighted by Gasteiger charge is -2.28. The predicted octanol–water partition coefficient (Wildman–Crippen LogP) is 1.47. The lowest BCUT2D eigenvalue weighted by Crippen LogP contribution is -2.46.